The first-order valence-corrected chi connectivity index (χ1v) is 21.7. The van der Waals surface area contributed by atoms with E-state index in [0.717, 1.165) is 66.8 Å². The maximum Gasteiger partial charge on any atom is 0.166 e. The van der Waals surface area contributed by atoms with Crippen LogP contribution in [0.2, 0.25) is 0 Å². The lowest BCUT2D eigenvalue weighted by molar-refractivity contribution is 1.06. The second-order valence-electron chi connectivity index (χ2n) is 15.6. The highest BCUT2D eigenvalue weighted by atomic mass is 32.1. The minimum Gasteiger partial charge on any atom is -0.308 e. The van der Waals surface area contributed by atoms with Gasteiger partial charge in [-0.1, -0.05) is 176 Å². The van der Waals surface area contributed by atoms with Crippen LogP contribution < -0.4 is 0 Å². The fourth-order valence-corrected chi connectivity index (χ4v) is 9.98. The van der Waals surface area contributed by atoms with Crippen molar-refractivity contribution in [2.24, 2.45) is 0 Å². The number of hydrogen-bond donors (Lipinski definition) is 0. The van der Waals surface area contributed by atoms with E-state index in [-0.39, 0.29) is 0 Å². The predicted octanol–water partition coefficient (Wildman–Crippen LogP) is 15.3. The molecule has 62 heavy (non-hydrogen) atoms. The van der Waals surface area contributed by atoms with E-state index in [9.17, 15) is 0 Å². The Morgan fingerprint density at radius 3 is 1.48 bits per heavy atom. The zero-order valence-corrected chi connectivity index (χ0v) is 34.3. The van der Waals surface area contributed by atoms with Crippen LogP contribution in [0.4, 0.5) is 0 Å². The van der Waals surface area contributed by atoms with Gasteiger partial charge in [-0.25, -0.2) is 15.0 Å². The van der Waals surface area contributed by atoms with Gasteiger partial charge in [0.2, 0.25) is 0 Å². The molecule has 4 nitrogen and oxygen atoms in total. The summed E-state index contributed by atoms with van der Waals surface area (Å²) in [4.78, 5) is 16.0. The third-order valence-electron chi connectivity index (χ3n) is 11.9. The molecule has 5 heteroatoms. The normalized spacial score (nSPS) is 11.5. The van der Waals surface area contributed by atoms with Crippen molar-refractivity contribution in [2.45, 2.75) is 0 Å². The molecule has 0 aliphatic heterocycles. The van der Waals surface area contributed by atoms with Gasteiger partial charge >= 0.3 is 0 Å². The van der Waals surface area contributed by atoms with E-state index < -0.39 is 0 Å². The predicted molar refractivity (Wildman–Crippen MR) is 260 cm³/mol. The van der Waals surface area contributed by atoms with Crippen LogP contribution in [0.5, 0.6) is 0 Å². The molecule has 12 aromatic rings. The fraction of sp³-hybridized carbons (Fsp3) is 0. The summed E-state index contributed by atoms with van der Waals surface area (Å²) in [5.74, 6) is 1.83. The molecule has 12 rings (SSSR count). The van der Waals surface area contributed by atoms with Gasteiger partial charge < -0.3 is 4.57 Å². The third kappa shape index (κ3) is 6.26. The third-order valence-corrected chi connectivity index (χ3v) is 13.0. The monoisotopic (exact) mass is 808 g/mol. The first kappa shape index (κ1) is 35.9. The molecule has 0 saturated carbocycles. The number of fused-ring (bicyclic) bond motifs is 6. The van der Waals surface area contributed by atoms with Crippen LogP contribution >= 0.6 is 11.3 Å². The van der Waals surface area contributed by atoms with Crippen molar-refractivity contribution in [3.63, 3.8) is 0 Å². The molecule has 9 aromatic carbocycles. The van der Waals surface area contributed by atoms with E-state index in [1.807, 2.05) is 17.4 Å². The van der Waals surface area contributed by atoms with Gasteiger partial charge in [-0.3, -0.25) is 0 Å². The number of thiophene rings is 1. The van der Waals surface area contributed by atoms with Gasteiger partial charge in [-0.15, -0.1) is 11.3 Å². The Labute approximate surface area is 362 Å². The topological polar surface area (TPSA) is 43.6 Å². The molecule has 0 unspecified atom stereocenters. The molecule has 0 amide bonds. The van der Waals surface area contributed by atoms with Gasteiger partial charge in [0, 0.05) is 47.6 Å². The molecule has 0 bridgehead atoms. The van der Waals surface area contributed by atoms with Crippen LogP contribution in [0.15, 0.2) is 218 Å². The molecule has 0 aliphatic carbocycles. The van der Waals surface area contributed by atoms with Gasteiger partial charge in [-0.05, 0) is 75.8 Å². The lowest BCUT2D eigenvalue weighted by Gasteiger charge is -2.16. The average molecular weight is 809 g/mol. The lowest BCUT2D eigenvalue weighted by Crippen LogP contribution is -2.04. The van der Waals surface area contributed by atoms with Crippen molar-refractivity contribution in [1.82, 2.24) is 19.5 Å². The van der Waals surface area contributed by atoms with Gasteiger partial charge in [0.05, 0.1) is 16.7 Å². The second kappa shape index (κ2) is 14.9. The van der Waals surface area contributed by atoms with E-state index in [1.54, 1.807) is 0 Å². The van der Waals surface area contributed by atoms with E-state index in [4.69, 9.17) is 15.0 Å². The smallest absolute Gasteiger partial charge is 0.166 e. The number of hydrogen-bond acceptors (Lipinski definition) is 4. The maximum atomic E-state index is 5.38. The summed E-state index contributed by atoms with van der Waals surface area (Å²) >= 11 is 1.84. The van der Waals surface area contributed by atoms with Crippen molar-refractivity contribution in [3.8, 4) is 73.2 Å². The van der Waals surface area contributed by atoms with Gasteiger partial charge in [0.25, 0.3) is 0 Å². The number of aromatic nitrogens is 4. The Hall–Kier alpha value is -7.99. The van der Waals surface area contributed by atoms with Crippen LogP contribution in [0.3, 0.4) is 0 Å². The summed E-state index contributed by atoms with van der Waals surface area (Å²) < 4.78 is 4.94. The van der Waals surface area contributed by atoms with E-state index in [0.29, 0.717) is 17.5 Å². The van der Waals surface area contributed by atoms with Crippen LogP contribution in [0.1, 0.15) is 0 Å². The minimum absolute atomic E-state index is 0.603. The van der Waals surface area contributed by atoms with Crippen LogP contribution in [0.25, 0.3) is 115 Å². The highest BCUT2D eigenvalue weighted by Crippen LogP contribution is 2.40. The zero-order chi connectivity index (χ0) is 41.0. The van der Waals surface area contributed by atoms with Crippen LogP contribution in [-0.4, -0.2) is 19.5 Å². The molecule has 0 N–H and O–H groups in total. The molecule has 0 spiro atoms. The average Bonchev–Trinajstić information content (AvgIpc) is 3.90. The number of nitrogens with zero attached hydrogens (tertiary/aromatic N) is 4. The van der Waals surface area contributed by atoms with Crippen molar-refractivity contribution >= 4 is 53.3 Å². The standard InChI is InChI=1S/C57H36N4S/c1-3-14-37(15-4-1)39-26-28-40(29-27-39)55-58-56(44-19-13-18-41(34-44)43-30-32-48-47-22-9-12-25-53(47)62-54(48)36-43)60-57(59-55)49-33-31-42(38-16-5-2-6-17-38)35-52(49)61-50-23-10-7-20-45(50)46-21-8-11-24-51(46)61/h1-36H. The van der Waals surface area contributed by atoms with Crippen LogP contribution in [0, 0.1) is 0 Å². The van der Waals surface area contributed by atoms with Crippen molar-refractivity contribution in [3.05, 3.63) is 218 Å². The van der Waals surface area contributed by atoms with E-state index >= 15 is 0 Å². The van der Waals surface area contributed by atoms with Crippen molar-refractivity contribution in [1.29, 1.82) is 0 Å². The molecule has 0 aliphatic rings. The molecular formula is C57H36N4S. The quantitative estimate of drug-likeness (QED) is 0.161. The molecule has 290 valence electrons. The second-order valence-corrected chi connectivity index (χ2v) is 16.7. The minimum atomic E-state index is 0.603. The van der Waals surface area contributed by atoms with Gasteiger partial charge in [0.15, 0.2) is 17.5 Å². The lowest BCUT2D eigenvalue weighted by atomic mass is 10.0. The van der Waals surface area contributed by atoms with Crippen molar-refractivity contribution in [2.75, 3.05) is 0 Å². The number of para-hydroxylation sites is 2. The molecule has 0 radical (unpaired) electrons. The molecule has 3 heterocycles. The Morgan fingerprint density at radius 2 is 0.758 bits per heavy atom. The summed E-state index contributed by atoms with van der Waals surface area (Å²) in [6.07, 6.45) is 0. The summed E-state index contributed by atoms with van der Waals surface area (Å²) in [5, 5.41) is 4.97. The fourth-order valence-electron chi connectivity index (χ4n) is 8.84. The summed E-state index contributed by atoms with van der Waals surface area (Å²) in [6, 6.07) is 77.5. The van der Waals surface area contributed by atoms with Crippen LogP contribution in [-0.2, 0) is 0 Å². The zero-order valence-electron chi connectivity index (χ0n) is 33.5. The SMILES string of the molecule is c1ccc(-c2ccc(-c3nc(-c4cccc(-c5ccc6c(c5)sc5ccccc56)c4)nc(-c4ccc(-c5ccccc5)cc4-n4c5ccccc5c5ccccc54)n3)cc2)cc1. The Bertz CT molecular complexity index is 3570. The Balaban J connectivity index is 1.07. The molecule has 3 aromatic heterocycles. The van der Waals surface area contributed by atoms with E-state index in [2.05, 4.69) is 217 Å². The summed E-state index contributed by atoms with van der Waals surface area (Å²) in [5.41, 5.74) is 12.8. The van der Waals surface area contributed by atoms with E-state index in [1.165, 1.54) is 30.9 Å². The highest BCUT2D eigenvalue weighted by Gasteiger charge is 2.21. The first-order chi connectivity index (χ1) is 30.7. The number of rotatable bonds is 7. The Morgan fingerprint density at radius 1 is 0.290 bits per heavy atom. The Kier molecular flexibility index (Phi) is 8.65. The summed E-state index contributed by atoms with van der Waals surface area (Å²) in [6.45, 7) is 0. The van der Waals surface area contributed by atoms with Gasteiger partial charge in [0.1, 0.15) is 0 Å². The molecule has 0 saturated heterocycles. The highest BCUT2D eigenvalue weighted by molar-refractivity contribution is 7.25. The van der Waals surface area contributed by atoms with Gasteiger partial charge in [-0.2, -0.15) is 0 Å². The molecular weight excluding hydrogens is 773 g/mol. The molecule has 0 atom stereocenters. The summed E-state index contributed by atoms with van der Waals surface area (Å²) in [7, 11) is 0. The van der Waals surface area contributed by atoms with Crippen molar-refractivity contribution < 1.29 is 0 Å². The number of benzene rings is 9. The maximum absolute atomic E-state index is 5.38. The molecule has 0 fully saturated rings. The largest absolute Gasteiger partial charge is 0.308 e. The first-order valence-electron chi connectivity index (χ1n) is 20.8.